The zero-order valence-electron chi connectivity index (χ0n) is 11.3. The Morgan fingerprint density at radius 1 is 1.14 bits per heavy atom. The minimum atomic E-state index is -0.839. The van der Waals surface area contributed by atoms with Gasteiger partial charge in [0.05, 0.1) is 13.0 Å². The number of ether oxygens (including phenoxy) is 1. The molecule has 0 aromatic heterocycles. The van der Waals surface area contributed by atoms with Crippen LogP contribution in [0, 0.1) is 5.82 Å². The fraction of sp³-hybridized carbons (Fsp3) is 0.188. The molecule has 2 aromatic rings. The third kappa shape index (κ3) is 5.11. The van der Waals surface area contributed by atoms with Gasteiger partial charge in [0.25, 0.3) is 0 Å². The fourth-order valence-electron chi connectivity index (χ4n) is 1.75. The standard InChI is InChI=1S/C16H15FO3S/c17-14-3-1-2-4-15(14)20-9-10-21-13-7-5-12(6-8-13)11-16(18)19/h1-8H,9-11H2,(H,18,19). The second-order valence-corrected chi connectivity index (χ2v) is 5.51. The summed E-state index contributed by atoms with van der Waals surface area (Å²) in [7, 11) is 0. The van der Waals surface area contributed by atoms with Crippen LogP contribution in [0.5, 0.6) is 5.75 Å². The summed E-state index contributed by atoms with van der Waals surface area (Å²) in [6.45, 7) is 0.405. The normalized spacial score (nSPS) is 10.3. The first-order valence-electron chi connectivity index (χ1n) is 6.46. The molecule has 0 aliphatic carbocycles. The molecule has 0 amide bonds. The predicted molar refractivity (Wildman–Crippen MR) is 80.4 cm³/mol. The number of carbonyl (C=O) groups is 1. The van der Waals surface area contributed by atoms with Crippen LogP contribution in [0.1, 0.15) is 5.56 Å². The van der Waals surface area contributed by atoms with Gasteiger partial charge in [0.1, 0.15) is 0 Å². The lowest BCUT2D eigenvalue weighted by Crippen LogP contribution is -2.01. The highest BCUT2D eigenvalue weighted by molar-refractivity contribution is 7.99. The Bertz CT molecular complexity index is 599. The molecule has 0 saturated carbocycles. The van der Waals surface area contributed by atoms with E-state index in [1.54, 1.807) is 42.1 Å². The van der Waals surface area contributed by atoms with Gasteiger partial charge in [0.15, 0.2) is 11.6 Å². The molecule has 0 radical (unpaired) electrons. The van der Waals surface area contributed by atoms with Crippen LogP contribution in [0.25, 0.3) is 0 Å². The largest absolute Gasteiger partial charge is 0.490 e. The lowest BCUT2D eigenvalue weighted by molar-refractivity contribution is -0.136. The number of carboxylic acids is 1. The number of halogens is 1. The van der Waals surface area contributed by atoms with Crippen molar-refractivity contribution >= 4 is 17.7 Å². The molecule has 0 aliphatic rings. The number of aliphatic carboxylic acids is 1. The van der Waals surface area contributed by atoms with Gasteiger partial charge in [-0.2, -0.15) is 0 Å². The van der Waals surface area contributed by atoms with E-state index in [-0.39, 0.29) is 18.0 Å². The first kappa shape index (κ1) is 15.4. The molecule has 21 heavy (non-hydrogen) atoms. The van der Waals surface area contributed by atoms with Crippen LogP contribution in [-0.4, -0.2) is 23.4 Å². The zero-order chi connectivity index (χ0) is 15.1. The topological polar surface area (TPSA) is 46.5 Å². The van der Waals surface area contributed by atoms with E-state index in [9.17, 15) is 9.18 Å². The van der Waals surface area contributed by atoms with Gasteiger partial charge in [-0.3, -0.25) is 4.79 Å². The molecule has 5 heteroatoms. The Kier molecular flexibility index (Phi) is 5.63. The Labute approximate surface area is 126 Å². The maximum atomic E-state index is 13.3. The summed E-state index contributed by atoms with van der Waals surface area (Å²) >= 11 is 1.58. The van der Waals surface area contributed by atoms with Crippen molar-refractivity contribution in [1.82, 2.24) is 0 Å². The second kappa shape index (κ2) is 7.69. The number of hydrogen-bond donors (Lipinski definition) is 1. The van der Waals surface area contributed by atoms with E-state index in [1.165, 1.54) is 6.07 Å². The van der Waals surface area contributed by atoms with E-state index in [4.69, 9.17) is 9.84 Å². The Morgan fingerprint density at radius 2 is 1.86 bits per heavy atom. The van der Waals surface area contributed by atoms with Crippen LogP contribution in [0.3, 0.4) is 0 Å². The Balaban J connectivity index is 1.76. The van der Waals surface area contributed by atoms with Gasteiger partial charge in [0.2, 0.25) is 0 Å². The van der Waals surface area contributed by atoms with Crippen LogP contribution in [0.15, 0.2) is 53.4 Å². The lowest BCUT2D eigenvalue weighted by Gasteiger charge is -2.07. The Morgan fingerprint density at radius 3 is 2.52 bits per heavy atom. The molecular formula is C16H15FO3S. The van der Waals surface area contributed by atoms with E-state index < -0.39 is 5.97 Å². The van der Waals surface area contributed by atoms with Gasteiger partial charge in [0, 0.05) is 10.6 Å². The maximum Gasteiger partial charge on any atom is 0.307 e. The molecule has 110 valence electrons. The molecule has 2 rings (SSSR count). The number of hydrogen-bond acceptors (Lipinski definition) is 3. The predicted octanol–water partition coefficient (Wildman–Crippen LogP) is 3.62. The van der Waals surface area contributed by atoms with Crippen molar-refractivity contribution in [2.24, 2.45) is 0 Å². The number of para-hydroxylation sites is 1. The van der Waals surface area contributed by atoms with Crippen LogP contribution in [0.2, 0.25) is 0 Å². The fourth-order valence-corrected chi connectivity index (χ4v) is 2.48. The molecule has 0 aliphatic heterocycles. The molecule has 1 N–H and O–H groups in total. The van der Waals surface area contributed by atoms with Gasteiger partial charge in [-0.15, -0.1) is 11.8 Å². The molecule has 0 spiro atoms. The van der Waals surface area contributed by atoms with Crippen molar-refractivity contribution in [3.05, 3.63) is 59.9 Å². The first-order chi connectivity index (χ1) is 10.1. The van der Waals surface area contributed by atoms with Gasteiger partial charge in [-0.25, -0.2) is 4.39 Å². The highest BCUT2D eigenvalue weighted by Crippen LogP contribution is 2.20. The van der Waals surface area contributed by atoms with Crippen molar-refractivity contribution < 1.29 is 19.0 Å². The molecule has 0 saturated heterocycles. The SMILES string of the molecule is O=C(O)Cc1ccc(SCCOc2ccccc2F)cc1. The average Bonchev–Trinajstić information content (AvgIpc) is 2.46. The van der Waals surface area contributed by atoms with E-state index >= 15 is 0 Å². The van der Waals surface area contributed by atoms with Crippen molar-refractivity contribution in [2.45, 2.75) is 11.3 Å². The Hall–Kier alpha value is -2.01. The smallest absolute Gasteiger partial charge is 0.307 e. The van der Waals surface area contributed by atoms with E-state index in [1.807, 2.05) is 12.1 Å². The first-order valence-corrected chi connectivity index (χ1v) is 7.44. The monoisotopic (exact) mass is 306 g/mol. The highest BCUT2D eigenvalue weighted by Gasteiger charge is 2.02. The van der Waals surface area contributed by atoms with Gasteiger partial charge < -0.3 is 9.84 Å². The zero-order valence-corrected chi connectivity index (χ0v) is 12.1. The van der Waals surface area contributed by atoms with Crippen molar-refractivity contribution in [1.29, 1.82) is 0 Å². The molecule has 0 unspecified atom stereocenters. The lowest BCUT2D eigenvalue weighted by atomic mass is 10.2. The molecule has 0 bridgehead atoms. The van der Waals surface area contributed by atoms with Crippen LogP contribution >= 0.6 is 11.8 Å². The molecule has 0 heterocycles. The van der Waals surface area contributed by atoms with E-state index in [2.05, 4.69) is 0 Å². The van der Waals surface area contributed by atoms with Gasteiger partial charge >= 0.3 is 5.97 Å². The van der Waals surface area contributed by atoms with Crippen LogP contribution in [0.4, 0.5) is 4.39 Å². The summed E-state index contributed by atoms with van der Waals surface area (Å²) in [4.78, 5) is 11.6. The minimum Gasteiger partial charge on any atom is -0.490 e. The van der Waals surface area contributed by atoms with Crippen molar-refractivity contribution in [3.63, 3.8) is 0 Å². The summed E-state index contributed by atoms with van der Waals surface area (Å²) in [5.74, 6) is -0.254. The third-order valence-electron chi connectivity index (χ3n) is 2.72. The van der Waals surface area contributed by atoms with E-state index in [0.29, 0.717) is 12.4 Å². The average molecular weight is 306 g/mol. The van der Waals surface area contributed by atoms with Gasteiger partial charge in [-0.05, 0) is 29.8 Å². The summed E-state index contributed by atoms with van der Waals surface area (Å²) in [6.07, 6.45) is 0.0291. The summed E-state index contributed by atoms with van der Waals surface area (Å²) in [5.41, 5.74) is 0.773. The summed E-state index contributed by atoms with van der Waals surface area (Å²) in [5, 5.41) is 8.69. The highest BCUT2D eigenvalue weighted by atomic mass is 32.2. The van der Waals surface area contributed by atoms with Gasteiger partial charge in [-0.1, -0.05) is 24.3 Å². The number of rotatable bonds is 7. The van der Waals surface area contributed by atoms with Crippen molar-refractivity contribution in [2.75, 3.05) is 12.4 Å². The van der Waals surface area contributed by atoms with Crippen LogP contribution in [-0.2, 0) is 11.2 Å². The van der Waals surface area contributed by atoms with Crippen LogP contribution < -0.4 is 4.74 Å². The minimum absolute atomic E-state index is 0.0291. The number of carboxylic acid groups (broad SMARTS) is 1. The summed E-state index contributed by atoms with van der Waals surface area (Å²) in [6, 6.07) is 13.7. The maximum absolute atomic E-state index is 13.3. The molecular weight excluding hydrogens is 291 g/mol. The molecule has 3 nitrogen and oxygen atoms in total. The number of benzene rings is 2. The van der Waals surface area contributed by atoms with E-state index in [0.717, 1.165) is 10.5 Å². The number of thioether (sulfide) groups is 1. The second-order valence-electron chi connectivity index (χ2n) is 4.34. The summed E-state index contributed by atoms with van der Waals surface area (Å²) < 4.78 is 18.7. The molecule has 0 fully saturated rings. The molecule has 0 atom stereocenters. The third-order valence-corrected chi connectivity index (χ3v) is 3.70. The quantitative estimate of drug-likeness (QED) is 0.627. The van der Waals surface area contributed by atoms with Crippen molar-refractivity contribution in [3.8, 4) is 5.75 Å². The molecule has 2 aromatic carbocycles.